The molecule has 2 heteroatoms. The highest BCUT2D eigenvalue weighted by atomic mass is 15.1. The highest BCUT2D eigenvalue weighted by Gasteiger charge is 2.17. The lowest BCUT2D eigenvalue weighted by atomic mass is 9.93. The number of hydrogen-bond acceptors (Lipinski definition) is 2. The summed E-state index contributed by atoms with van der Waals surface area (Å²) in [6.45, 7) is 13.6. The van der Waals surface area contributed by atoms with Gasteiger partial charge < -0.3 is 10.2 Å². The van der Waals surface area contributed by atoms with Crippen molar-refractivity contribution in [2.75, 3.05) is 33.2 Å². The minimum Gasteiger partial charge on any atom is -0.320 e. The molecule has 1 saturated heterocycles. The van der Waals surface area contributed by atoms with Crippen LogP contribution in [0.2, 0.25) is 0 Å². The second-order valence-electron chi connectivity index (χ2n) is 6.07. The maximum absolute atomic E-state index is 3.26. The Balaban J connectivity index is 0.00000172. The number of nitrogens with one attached hydrogen (secondary N) is 1. The van der Waals surface area contributed by atoms with Crippen molar-refractivity contribution in [1.82, 2.24) is 10.2 Å². The molecule has 0 bridgehead atoms. The van der Waals surface area contributed by atoms with Crippen LogP contribution in [-0.4, -0.2) is 38.1 Å². The zero-order chi connectivity index (χ0) is 15.2. The van der Waals surface area contributed by atoms with Gasteiger partial charge in [0.1, 0.15) is 0 Å². The van der Waals surface area contributed by atoms with Crippen molar-refractivity contribution in [2.45, 2.75) is 59.8 Å². The van der Waals surface area contributed by atoms with Crippen molar-refractivity contribution in [3.8, 4) is 0 Å². The van der Waals surface area contributed by atoms with Gasteiger partial charge in [-0.05, 0) is 70.6 Å². The van der Waals surface area contributed by atoms with Crippen LogP contribution in [0.1, 0.15) is 59.8 Å². The molecular weight excluding hydrogens is 244 g/mol. The molecule has 0 aromatic rings. The first-order valence-corrected chi connectivity index (χ1v) is 8.74. The first-order valence-electron chi connectivity index (χ1n) is 8.74. The van der Waals surface area contributed by atoms with Crippen molar-refractivity contribution < 1.29 is 0 Å². The van der Waals surface area contributed by atoms with E-state index in [1.165, 1.54) is 58.3 Å². The molecule has 1 fully saturated rings. The van der Waals surface area contributed by atoms with Crippen LogP contribution >= 0.6 is 0 Å². The van der Waals surface area contributed by atoms with Crippen LogP contribution < -0.4 is 5.32 Å². The minimum absolute atomic E-state index is 0.796. The predicted octanol–water partition coefficient (Wildman–Crippen LogP) is 4.33. The smallest absolute Gasteiger partial charge is 0.00159 e. The zero-order valence-corrected chi connectivity index (χ0v) is 14.6. The van der Waals surface area contributed by atoms with Crippen molar-refractivity contribution >= 4 is 0 Å². The van der Waals surface area contributed by atoms with E-state index in [2.05, 4.69) is 43.3 Å². The number of nitrogens with zero attached hydrogens (tertiary/aromatic N) is 1. The molecule has 0 spiro atoms. The summed E-state index contributed by atoms with van der Waals surface area (Å²) in [7, 11) is 2.05. The number of allylic oxidation sites excluding steroid dienone is 1. The molecule has 0 saturated carbocycles. The minimum atomic E-state index is 0.796. The van der Waals surface area contributed by atoms with Gasteiger partial charge in [0.25, 0.3) is 0 Å². The summed E-state index contributed by atoms with van der Waals surface area (Å²) in [5.41, 5.74) is 0. The van der Waals surface area contributed by atoms with Gasteiger partial charge in [-0.3, -0.25) is 0 Å². The Morgan fingerprint density at radius 3 is 2.35 bits per heavy atom. The number of piperidine rings is 1. The summed E-state index contributed by atoms with van der Waals surface area (Å²) in [5, 5.41) is 3.26. The maximum Gasteiger partial charge on any atom is 0.00159 e. The van der Waals surface area contributed by atoms with E-state index < -0.39 is 0 Å². The number of hydrogen-bond donors (Lipinski definition) is 1. The van der Waals surface area contributed by atoms with E-state index in [9.17, 15) is 0 Å². The molecule has 1 N–H and O–H groups in total. The van der Waals surface area contributed by atoms with Crippen molar-refractivity contribution in [3.63, 3.8) is 0 Å². The first kappa shape index (κ1) is 19.7. The monoisotopic (exact) mass is 282 g/mol. The summed E-state index contributed by atoms with van der Waals surface area (Å²) in [6, 6.07) is 0. The molecule has 1 aliphatic rings. The Kier molecular flexibility index (Phi) is 13.4. The molecule has 0 radical (unpaired) electrons. The molecule has 0 atom stereocenters. The number of rotatable bonds is 8. The van der Waals surface area contributed by atoms with E-state index in [0.717, 1.165) is 11.8 Å². The SMILES string of the molecule is CC.CNCCC1CCN(CC/C=C\CC(C)C)CC1. The first-order chi connectivity index (χ1) is 9.72. The fourth-order valence-electron chi connectivity index (χ4n) is 2.59. The van der Waals surface area contributed by atoms with Crippen LogP contribution in [0.3, 0.4) is 0 Å². The number of likely N-dealkylation sites (tertiary alicyclic amines) is 1. The van der Waals surface area contributed by atoms with Gasteiger partial charge >= 0.3 is 0 Å². The van der Waals surface area contributed by atoms with Gasteiger partial charge in [-0.25, -0.2) is 0 Å². The molecule has 20 heavy (non-hydrogen) atoms. The molecule has 0 aromatic carbocycles. The van der Waals surface area contributed by atoms with Crippen molar-refractivity contribution in [2.24, 2.45) is 11.8 Å². The second kappa shape index (κ2) is 13.6. The van der Waals surface area contributed by atoms with Gasteiger partial charge in [0.15, 0.2) is 0 Å². The van der Waals surface area contributed by atoms with Crippen LogP contribution in [0.15, 0.2) is 12.2 Å². The maximum atomic E-state index is 3.26. The Morgan fingerprint density at radius 2 is 1.80 bits per heavy atom. The highest BCUT2D eigenvalue weighted by molar-refractivity contribution is 4.84. The molecule has 0 aromatic heterocycles. The van der Waals surface area contributed by atoms with E-state index in [0.29, 0.717) is 0 Å². The van der Waals surface area contributed by atoms with Crippen LogP contribution in [-0.2, 0) is 0 Å². The van der Waals surface area contributed by atoms with Gasteiger partial charge in [-0.1, -0.05) is 39.8 Å². The Labute approximate surface area is 128 Å². The summed E-state index contributed by atoms with van der Waals surface area (Å²) in [6.07, 6.45) is 11.3. The van der Waals surface area contributed by atoms with Crippen LogP contribution in [0, 0.1) is 11.8 Å². The molecule has 1 aliphatic heterocycles. The lowest BCUT2D eigenvalue weighted by Gasteiger charge is -2.31. The van der Waals surface area contributed by atoms with E-state index in [1.807, 2.05) is 13.8 Å². The second-order valence-corrected chi connectivity index (χ2v) is 6.07. The molecule has 0 unspecified atom stereocenters. The van der Waals surface area contributed by atoms with Gasteiger partial charge in [0.05, 0.1) is 0 Å². The lowest BCUT2D eigenvalue weighted by Crippen LogP contribution is -2.35. The standard InChI is InChI=1S/C16H32N2.C2H6/c1-15(2)7-5-4-6-12-18-13-9-16(10-14-18)8-11-17-3;1-2/h4-5,15-17H,6-14H2,1-3H3;1-2H3/b5-4-;. The summed E-state index contributed by atoms with van der Waals surface area (Å²) >= 11 is 0. The normalized spacial score (nSPS) is 17.5. The highest BCUT2D eigenvalue weighted by Crippen LogP contribution is 2.20. The fourth-order valence-corrected chi connectivity index (χ4v) is 2.59. The molecular formula is C18H38N2. The molecule has 1 heterocycles. The van der Waals surface area contributed by atoms with Gasteiger partial charge in [0.2, 0.25) is 0 Å². The van der Waals surface area contributed by atoms with Crippen LogP contribution in [0.4, 0.5) is 0 Å². The Hall–Kier alpha value is -0.340. The van der Waals surface area contributed by atoms with Crippen LogP contribution in [0.5, 0.6) is 0 Å². The Bertz CT molecular complexity index is 215. The molecule has 0 amide bonds. The molecule has 120 valence electrons. The quantitative estimate of drug-likeness (QED) is 0.667. The fraction of sp³-hybridized carbons (Fsp3) is 0.889. The third-order valence-electron chi connectivity index (χ3n) is 3.90. The van der Waals surface area contributed by atoms with E-state index >= 15 is 0 Å². The average Bonchev–Trinajstić information content (AvgIpc) is 2.48. The lowest BCUT2D eigenvalue weighted by molar-refractivity contribution is 0.182. The zero-order valence-electron chi connectivity index (χ0n) is 14.6. The van der Waals surface area contributed by atoms with E-state index in [-0.39, 0.29) is 0 Å². The van der Waals surface area contributed by atoms with E-state index in [4.69, 9.17) is 0 Å². The predicted molar refractivity (Wildman–Crippen MR) is 92.3 cm³/mol. The average molecular weight is 283 g/mol. The van der Waals surface area contributed by atoms with Gasteiger partial charge in [-0.2, -0.15) is 0 Å². The molecule has 2 nitrogen and oxygen atoms in total. The molecule has 1 rings (SSSR count). The summed E-state index contributed by atoms with van der Waals surface area (Å²) in [4.78, 5) is 2.63. The van der Waals surface area contributed by atoms with E-state index in [1.54, 1.807) is 0 Å². The summed E-state index contributed by atoms with van der Waals surface area (Å²) in [5.74, 6) is 1.76. The largest absolute Gasteiger partial charge is 0.320 e. The van der Waals surface area contributed by atoms with Crippen LogP contribution in [0.25, 0.3) is 0 Å². The third kappa shape index (κ3) is 10.4. The summed E-state index contributed by atoms with van der Waals surface area (Å²) < 4.78 is 0. The van der Waals surface area contributed by atoms with Crippen molar-refractivity contribution in [3.05, 3.63) is 12.2 Å². The third-order valence-corrected chi connectivity index (χ3v) is 3.90. The van der Waals surface area contributed by atoms with Gasteiger partial charge in [-0.15, -0.1) is 0 Å². The van der Waals surface area contributed by atoms with Gasteiger partial charge in [0, 0.05) is 6.54 Å². The topological polar surface area (TPSA) is 15.3 Å². The molecule has 0 aliphatic carbocycles. The Morgan fingerprint density at radius 1 is 1.15 bits per heavy atom. The van der Waals surface area contributed by atoms with Crippen molar-refractivity contribution in [1.29, 1.82) is 0 Å².